The van der Waals surface area contributed by atoms with E-state index in [0.717, 1.165) is 49.6 Å². The third-order valence-electron chi connectivity index (χ3n) is 2.74. The van der Waals surface area contributed by atoms with Crippen molar-refractivity contribution in [1.82, 2.24) is 14.7 Å². The largest absolute Gasteiger partial charge is 0.360 e. The highest BCUT2D eigenvalue weighted by atomic mass is 32.1. The van der Waals surface area contributed by atoms with Gasteiger partial charge in [0.15, 0.2) is 0 Å². The van der Waals surface area contributed by atoms with Crippen molar-refractivity contribution in [2.24, 2.45) is 0 Å². The van der Waals surface area contributed by atoms with Gasteiger partial charge in [-0.2, -0.15) is 4.37 Å². The zero-order valence-electron chi connectivity index (χ0n) is 10.7. The Morgan fingerprint density at radius 1 is 1.50 bits per heavy atom. The van der Waals surface area contributed by atoms with Crippen LogP contribution in [0.3, 0.4) is 0 Å². The fourth-order valence-electron chi connectivity index (χ4n) is 1.62. The van der Waals surface area contributed by atoms with Crippen molar-refractivity contribution in [2.75, 3.05) is 11.9 Å². The van der Waals surface area contributed by atoms with Crippen molar-refractivity contribution in [3.05, 3.63) is 5.82 Å². The van der Waals surface area contributed by atoms with Crippen LogP contribution in [0, 0.1) is 0 Å². The summed E-state index contributed by atoms with van der Waals surface area (Å²) in [6.45, 7) is 2.89. The molecule has 1 aromatic heterocycles. The van der Waals surface area contributed by atoms with E-state index in [1.165, 1.54) is 11.5 Å². The first kappa shape index (κ1) is 13.3. The van der Waals surface area contributed by atoms with Crippen LogP contribution in [0.4, 0.5) is 5.13 Å². The van der Waals surface area contributed by atoms with Crippen molar-refractivity contribution in [3.63, 3.8) is 0 Å². The molecule has 0 aromatic carbocycles. The molecular formula is C12H20N4OS. The highest BCUT2D eigenvalue weighted by Gasteiger charge is 2.22. The van der Waals surface area contributed by atoms with Crippen LogP contribution in [0.25, 0.3) is 0 Å². The average molecular weight is 268 g/mol. The first-order valence-electron chi connectivity index (χ1n) is 6.63. The van der Waals surface area contributed by atoms with Crippen molar-refractivity contribution in [3.8, 4) is 0 Å². The summed E-state index contributed by atoms with van der Waals surface area (Å²) in [7, 11) is 0. The van der Waals surface area contributed by atoms with Gasteiger partial charge in [0.1, 0.15) is 5.82 Å². The lowest BCUT2D eigenvalue weighted by Gasteiger charge is -2.03. The summed E-state index contributed by atoms with van der Waals surface area (Å²) in [5.41, 5.74) is 0. The molecule has 1 aliphatic rings. The smallest absolute Gasteiger partial charge is 0.220 e. The Kier molecular flexibility index (Phi) is 4.92. The normalized spacial score (nSPS) is 14.5. The summed E-state index contributed by atoms with van der Waals surface area (Å²) in [5, 5.41) is 7.06. The van der Waals surface area contributed by atoms with Crippen LogP contribution in [0.1, 0.15) is 44.9 Å². The summed E-state index contributed by atoms with van der Waals surface area (Å²) in [4.78, 5) is 15.8. The predicted molar refractivity (Wildman–Crippen MR) is 72.8 cm³/mol. The van der Waals surface area contributed by atoms with Crippen LogP contribution in [0.2, 0.25) is 0 Å². The molecule has 0 atom stereocenters. The van der Waals surface area contributed by atoms with Gasteiger partial charge in [0, 0.05) is 37.0 Å². The Labute approximate surface area is 112 Å². The van der Waals surface area contributed by atoms with Gasteiger partial charge in [0.25, 0.3) is 0 Å². The van der Waals surface area contributed by atoms with Gasteiger partial charge in [-0.1, -0.05) is 6.92 Å². The van der Waals surface area contributed by atoms with Crippen LogP contribution >= 0.6 is 11.5 Å². The molecule has 0 aliphatic heterocycles. The maximum Gasteiger partial charge on any atom is 0.220 e. The average Bonchev–Trinajstić information content (AvgIpc) is 3.04. The highest BCUT2D eigenvalue weighted by molar-refractivity contribution is 7.09. The molecule has 0 saturated heterocycles. The number of aryl methyl sites for hydroxylation is 1. The number of amides is 1. The maximum atomic E-state index is 11.4. The lowest BCUT2D eigenvalue weighted by molar-refractivity contribution is -0.121. The molecule has 100 valence electrons. The van der Waals surface area contributed by atoms with E-state index in [2.05, 4.69) is 26.9 Å². The molecule has 6 heteroatoms. The molecule has 1 aliphatic carbocycles. The molecule has 1 aromatic rings. The van der Waals surface area contributed by atoms with E-state index in [1.807, 2.05) is 0 Å². The Morgan fingerprint density at radius 2 is 2.33 bits per heavy atom. The molecule has 5 nitrogen and oxygen atoms in total. The Morgan fingerprint density at radius 3 is 3.06 bits per heavy atom. The first-order chi connectivity index (χ1) is 8.78. The molecule has 1 saturated carbocycles. The molecular weight excluding hydrogens is 248 g/mol. The van der Waals surface area contributed by atoms with E-state index < -0.39 is 0 Å². The van der Waals surface area contributed by atoms with Crippen molar-refractivity contribution < 1.29 is 4.79 Å². The monoisotopic (exact) mass is 268 g/mol. The van der Waals surface area contributed by atoms with Gasteiger partial charge in [0.05, 0.1) is 0 Å². The number of carbonyl (C=O) groups is 1. The van der Waals surface area contributed by atoms with Crippen molar-refractivity contribution >= 4 is 22.6 Å². The minimum absolute atomic E-state index is 0.170. The number of carbonyl (C=O) groups excluding carboxylic acids is 1. The van der Waals surface area contributed by atoms with E-state index in [0.29, 0.717) is 12.5 Å². The summed E-state index contributed by atoms with van der Waals surface area (Å²) in [6, 6.07) is 0.463. The van der Waals surface area contributed by atoms with Crippen LogP contribution in [0.5, 0.6) is 0 Å². The summed E-state index contributed by atoms with van der Waals surface area (Å²) in [6.07, 6.45) is 5.72. The van der Waals surface area contributed by atoms with Crippen molar-refractivity contribution in [2.45, 2.75) is 51.5 Å². The second-order valence-electron chi connectivity index (χ2n) is 4.64. The van der Waals surface area contributed by atoms with Crippen LogP contribution in [0.15, 0.2) is 0 Å². The van der Waals surface area contributed by atoms with Gasteiger partial charge in [-0.15, -0.1) is 0 Å². The minimum Gasteiger partial charge on any atom is -0.360 e. The number of rotatable bonds is 8. The second-order valence-corrected chi connectivity index (χ2v) is 5.39. The molecule has 2 rings (SSSR count). The molecule has 2 N–H and O–H groups in total. The number of hydrogen-bond acceptors (Lipinski definition) is 5. The van der Waals surface area contributed by atoms with Crippen LogP contribution < -0.4 is 10.6 Å². The molecule has 0 spiro atoms. The molecule has 1 fully saturated rings. The first-order valence-corrected chi connectivity index (χ1v) is 7.41. The molecule has 1 heterocycles. The van der Waals surface area contributed by atoms with E-state index in [9.17, 15) is 4.79 Å². The number of anilines is 1. The minimum atomic E-state index is 0.170. The summed E-state index contributed by atoms with van der Waals surface area (Å²) < 4.78 is 4.26. The summed E-state index contributed by atoms with van der Waals surface area (Å²) >= 11 is 1.40. The quantitative estimate of drug-likeness (QED) is 0.707. The van der Waals surface area contributed by atoms with Crippen molar-refractivity contribution in [1.29, 1.82) is 0 Å². The fourth-order valence-corrected chi connectivity index (χ4v) is 2.26. The van der Waals surface area contributed by atoms with Crippen LogP contribution in [-0.4, -0.2) is 27.9 Å². The SMILES string of the molecule is CCCc1nsc(NCCCC(=O)NC2CC2)n1. The predicted octanol–water partition coefficient (Wildman–Crippen LogP) is 1.96. The fraction of sp³-hybridized carbons (Fsp3) is 0.750. The molecule has 1 amide bonds. The number of nitrogens with one attached hydrogen (secondary N) is 2. The van der Waals surface area contributed by atoms with Crippen LogP contribution in [-0.2, 0) is 11.2 Å². The topological polar surface area (TPSA) is 66.9 Å². The van der Waals surface area contributed by atoms with Gasteiger partial charge < -0.3 is 10.6 Å². The summed E-state index contributed by atoms with van der Waals surface area (Å²) in [5.74, 6) is 1.08. The van der Waals surface area contributed by atoms with Gasteiger partial charge >= 0.3 is 0 Å². The van der Waals surface area contributed by atoms with Gasteiger partial charge in [-0.05, 0) is 25.7 Å². The molecule has 0 radical (unpaired) electrons. The third-order valence-corrected chi connectivity index (χ3v) is 3.45. The Balaban J connectivity index is 1.57. The van der Waals surface area contributed by atoms with E-state index >= 15 is 0 Å². The van der Waals surface area contributed by atoms with E-state index in [4.69, 9.17) is 0 Å². The molecule has 18 heavy (non-hydrogen) atoms. The van der Waals surface area contributed by atoms with Gasteiger partial charge in [-0.3, -0.25) is 4.79 Å². The molecule has 0 bridgehead atoms. The Hall–Kier alpha value is -1.17. The standard InChI is InChI=1S/C12H20N4OS/c1-2-4-10-15-12(18-16-10)13-8-3-5-11(17)14-9-6-7-9/h9H,2-8H2,1H3,(H,14,17)(H,13,15,16). The number of aromatic nitrogens is 2. The van der Waals surface area contributed by atoms with E-state index in [1.54, 1.807) is 0 Å². The highest BCUT2D eigenvalue weighted by Crippen LogP contribution is 2.18. The van der Waals surface area contributed by atoms with Gasteiger partial charge in [-0.25, -0.2) is 4.98 Å². The molecule has 0 unspecified atom stereocenters. The lowest BCUT2D eigenvalue weighted by atomic mass is 10.3. The van der Waals surface area contributed by atoms with Gasteiger partial charge in [0.2, 0.25) is 11.0 Å². The van der Waals surface area contributed by atoms with E-state index in [-0.39, 0.29) is 5.91 Å². The lowest BCUT2D eigenvalue weighted by Crippen LogP contribution is -2.25. The maximum absolute atomic E-state index is 11.4. The zero-order valence-corrected chi connectivity index (χ0v) is 11.6. The Bertz CT molecular complexity index is 389. The number of nitrogens with zero attached hydrogens (tertiary/aromatic N) is 2. The second kappa shape index (κ2) is 6.68. The number of hydrogen-bond donors (Lipinski definition) is 2. The zero-order chi connectivity index (χ0) is 12.8. The third kappa shape index (κ3) is 4.60.